The molecule has 1 N–H and O–H groups in total. The number of hydrogen-bond acceptors (Lipinski definition) is 3. The molecular formula is C10H14O2S2. The van der Waals surface area contributed by atoms with Crippen LogP contribution in [-0.4, -0.2) is 16.3 Å². The van der Waals surface area contributed by atoms with Gasteiger partial charge >= 0.3 is 5.97 Å². The summed E-state index contributed by atoms with van der Waals surface area (Å²) < 4.78 is 0. The number of hydrogen-bond donors (Lipinski definition) is 1. The van der Waals surface area contributed by atoms with E-state index in [0.29, 0.717) is 0 Å². The van der Waals surface area contributed by atoms with Gasteiger partial charge in [-0.1, -0.05) is 19.9 Å². The van der Waals surface area contributed by atoms with Crippen LogP contribution in [0.1, 0.15) is 18.7 Å². The highest BCUT2D eigenvalue weighted by molar-refractivity contribution is 7.99. The van der Waals surface area contributed by atoms with Gasteiger partial charge in [-0.3, -0.25) is 4.79 Å². The van der Waals surface area contributed by atoms with E-state index in [9.17, 15) is 4.79 Å². The normalized spacial score (nSPS) is 13.1. The molecule has 0 fully saturated rings. The Bertz CT molecular complexity index is 280. The minimum Gasteiger partial charge on any atom is -0.480 e. The van der Waals surface area contributed by atoms with E-state index in [2.05, 4.69) is 0 Å². The third kappa shape index (κ3) is 3.35. The van der Waals surface area contributed by atoms with E-state index < -0.39 is 5.97 Å². The van der Waals surface area contributed by atoms with E-state index in [1.165, 1.54) is 16.6 Å². The molecule has 78 valence electrons. The van der Waals surface area contributed by atoms with E-state index in [1.54, 1.807) is 11.3 Å². The summed E-state index contributed by atoms with van der Waals surface area (Å²) in [5.74, 6) is 0.270. The number of rotatable bonds is 5. The quantitative estimate of drug-likeness (QED) is 0.844. The summed E-state index contributed by atoms with van der Waals surface area (Å²) in [6.07, 6.45) is 0. The van der Waals surface area contributed by atoms with Crippen molar-refractivity contribution < 1.29 is 9.90 Å². The highest BCUT2D eigenvalue weighted by atomic mass is 32.2. The van der Waals surface area contributed by atoms with Gasteiger partial charge in [0.05, 0.1) is 0 Å². The minimum atomic E-state index is -0.707. The zero-order valence-corrected chi connectivity index (χ0v) is 9.90. The maximum Gasteiger partial charge on any atom is 0.316 e. The molecule has 1 rings (SSSR count). The lowest BCUT2D eigenvalue weighted by Gasteiger charge is -2.14. The molecule has 1 atom stereocenters. The first kappa shape index (κ1) is 11.6. The van der Waals surface area contributed by atoms with Crippen molar-refractivity contribution in [3.63, 3.8) is 0 Å². The third-order valence-corrected chi connectivity index (χ3v) is 4.48. The molecule has 1 unspecified atom stereocenters. The summed E-state index contributed by atoms with van der Waals surface area (Å²) in [6, 6.07) is 4.03. The van der Waals surface area contributed by atoms with Crippen LogP contribution in [0.3, 0.4) is 0 Å². The van der Waals surface area contributed by atoms with Crippen LogP contribution in [-0.2, 0) is 10.5 Å². The Morgan fingerprint density at radius 3 is 2.79 bits per heavy atom. The zero-order valence-electron chi connectivity index (χ0n) is 8.27. The number of carboxylic acid groups (broad SMARTS) is 1. The van der Waals surface area contributed by atoms with Gasteiger partial charge in [0.15, 0.2) is 0 Å². The Kier molecular flexibility index (Phi) is 4.48. The number of thiophene rings is 1. The molecule has 0 amide bonds. The van der Waals surface area contributed by atoms with Crippen molar-refractivity contribution in [1.29, 1.82) is 0 Å². The van der Waals surface area contributed by atoms with Crippen LogP contribution in [0.25, 0.3) is 0 Å². The summed E-state index contributed by atoms with van der Waals surface area (Å²) in [6.45, 7) is 3.89. The molecular weight excluding hydrogens is 216 g/mol. The van der Waals surface area contributed by atoms with Crippen molar-refractivity contribution in [2.75, 3.05) is 0 Å². The zero-order chi connectivity index (χ0) is 10.6. The molecule has 0 spiro atoms. The van der Waals surface area contributed by atoms with Gasteiger partial charge in [0.25, 0.3) is 0 Å². The van der Waals surface area contributed by atoms with E-state index in [0.717, 1.165) is 5.75 Å². The monoisotopic (exact) mass is 230 g/mol. The fourth-order valence-electron chi connectivity index (χ4n) is 1.12. The largest absolute Gasteiger partial charge is 0.480 e. The molecule has 14 heavy (non-hydrogen) atoms. The second kappa shape index (κ2) is 5.41. The van der Waals surface area contributed by atoms with Crippen LogP contribution in [0.15, 0.2) is 17.5 Å². The first-order valence-electron chi connectivity index (χ1n) is 4.48. The van der Waals surface area contributed by atoms with Gasteiger partial charge in [-0.15, -0.1) is 23.1 Å². The van der Waals surface area contributed by atoms with E-state index >= 15 is 0 Å². The van der Waals surface area contributed by atoms with Crippen molar-refractivity contribution in [2.45, 2.75) is 24.9 Å². The van der Waals surface area contributed by atoms with Gasteiger partial charge in [-0.25, -0.2) is 0 Å². The first-order valence-corrected chi connectivity index (χ1v) is 6.41. The van der Waals surface area contributed by atoms with E-state index in [-0.39, 0.29) is 11.2 Å². The van der Waals surface area contributed by atoms with Crippen molar-refractivity contribution >= 4 is 29.1 Å². The smallest absolute Gasteiger partial charge is 0.316 e. The van der Waals surface area contributed by atoms with Crippen LogP contribution in [0.4, 0.5) is 0 Å². The predicted molar refractivity (Wildman–Crippen MR) is 61.9 cm³/mol. The average Bonchev–Trinajstić information content (AvgIpc) is 2.55. The van der Waals surface area contributed by atoms with Crippen LogP contribution in [0.2, 0.25) is 0 Å². The van der Waals surface area contributed by atoms with Crippen molar-refractivity contribution in [3.8, 4) is 0 Å². The number of carbonyl (C=O) groups is 1. The lowest BCUT2D eigenvalue weighted by atomic mass is 10.1. The molecule has 1 heterocycles. The van der Waals surface area contributed by atoms with Gasteiger partial charge in [-0.05, 0) is 17.4 Å². The van der Waals surface area contributed by atoms with Gasteiger partial charge < -0.3 is 5.11 Å². The molecule has 1 aromatic heterocycles. The summed E-state index contributed by atoms with van der Waals surface area (Å²) >= 11 is 3.18. The standard InChI is InChI=1S/C10H14O2S2/c1-7(2)9(10(11)12)14-6-8-4-3-5-13-8/h3-5,7,9H,6H2,1-2H3,(H,11,12). The molecule has 0 aliphatic heterocycles. The van der Waals surface area contributed by atoms with Crippen LogP contribution < -0.4 is 0 Å². The summed E-state index contributed by atoms with van der Waals surface area (Å²) in [4.78, 5) is 12.1. The molecule has 0 radical (unpaired) electrons. The third-order valence-electron chi connectivity index (χ3n) is 1.83. The van der Waals surface area contributed by atoms with Gasteiger partial charge in [0.2, 0.25) is 0 Å². The Morgan fingerprint density at radius 2 is 2.36 bits per heavy atom. The van der Waals surface area contributed by atoms with Crippen LogP contribution in [0.5, 0.6) is 0 Å². The molecule has 4 heteroatoms. The fraction of sp³-hybridized carbons (Fsp3) is 0.500. The molecule has 0 saturated heterocycles. The van der Waals surface area contributed by atoms with Crippen LogP contribution >= 0.6 is 23.1 Å². The van der Waals surface area contributed by atoms with Gasteiger partial charge in [0, 0.05) is 10.6 Å². The molecule has 1 aromatic rings. The van der Waals surface area contributed by atoms with E-state index in [1.807, 2.05) is 31.4 Å². The predicted octanol–water partition coefficient (Wildman–Crippen LogP) is 3.09. The maximum atomic E-state index is 10.9. The fourth-order valence-corrected chi connectivity index (χ4v) is 3.05. The summed E-state index contributed by atoms with van der Waals surface area (Å²) in [5, 5.41) is 10.7. The number of carboxylic acids is 1. The van der Waals surface area contributed by atoms with Crippen molar-refractivity contribution in [1.82, 2.24) is 0 Å². The number of thioether (sulfide) groups is 1. The molecule has 2 nitrogen and oxygen atoms in total. The summed E-state index contributed by atoms with van der Waals surface area (Å²) in [7, 11) is 0. The average molecular weight is 230 g/mol. The first-order chi connectivity index (χ1) is 6.61. The Morgan fingerprint density at radius 1 is 1.64 bits per heavy atom. The Labute approximate surface area is 92.3 Å². The molecule has 0 bridgehead atoms. The molecule has 0 aliphatic carbocycles. The SMILES string of the molecule is CC(C)C(SCc1cccs1)C(=O)O. The maximum absolute atomic E-state index is 10.9. The topological polar surface area (TPSA) is 37.3 Å². The second-order valence-corrected chi connectivity index (χ2v) is 5.56. The van der Waals surface area contributed by atoms with E-state index in [4.69, 9.17) is 5.11 Å². The minimum absolute atomic E-state index is 0.178. The number of aliphatic carboxylic acids is 1. The van der Waals surface area contributed by atoms with Crippen molar-refractivity contribution in [3.05, 3.63) is 22.4 Å². The van der Waals surface area contributed by atoms with Gasteiger partial charge in [0.1, 0.15) is 5.25 Å². The lowest BCUT2D eigenvalue weighted by molar-refractivity contribution is -0.137. The van der Waals surface area contributed by atoms with Crippen LogP contribution in [0, 0.1) is 5.92 Å². The highest BCUT2D eigenvalue weighted by Crippen LogP contribution is 2.25. The molecule has 0 aromatic carbocycles. The lowest BCUT2D eigenvalue weighted by Crippen LogP contribution is -2.22. The highest BCUT2D eigenvalue weighted by Gasteiger charge is 2.21. The Balaban J connectivity index is 2.45. The molecule has 0 aliphatic rings. The second-order valence-electron chi connectivity index (χ2n) is 3.39. The Hall–Kier alpha value is -0.480. The molecule has 0 saturated carbocycles. The van der Waals surface area contributed by atoms with Gasteiger partial charge in [-0.2, -0.15) is 0 Å². The summed E-state index contributed by atoms with van der Waals surface area (Å²) in [5.41, 5.74) is 0. The van der Waals surface area contributed by atoms with Crippen molar-refractivity contribution in [2.24, 2.45) is 5.92 Å².